The minimum absolute atomic E-state index is 0.0733. The smallest absolute Gasteiger partial charge is 0.387 e. The number of aromatic nitrogens is 3. The van der Waals surface area contributed by atoms with Crippen LogP contribution >= 0.6 is 11.6 Å². The Labute approximate surface area is 176 Å². The van der Waals surface area contributed by atoms with Crippen LogP contribution in [0.4, 0.5) is 8.78 Å². The van der Waals surface area contributed by atoms with E-state index in [1.54, 1.807) is 38.4 Å². The molecule has 0 saturated carbocycles. The first-order valence-electron chi connectivity index (χ1n) is 8.68. The van der Waals surface area contributed by atoms with Gasteiger partial charge in [0.05, 0.1) is 9.92 Å². The van der Waals surface area contributed by atoms with Gasteiger partial charge >= 0.3 is 6.61 Å². The van der Waals surface area contributed by atoms with E-state index in [4.69, 9.17) is 16.1 Å². The fourth-order valence-corrected chi connectivity index (χ4v) is 4.18. The van der Waals surface area contributed by atoms with Crippen molar-refractivity contribution in [2.24, 2.45) is 5.92 Å². The van der Waals surface area contributed by atoms with Gasteiger partial charge in [0.15, 0.2) is 0 Å². The van der Waals surface area contributed by atoms with Crippen molar-refractivity contribution in [1.29, 1.82) is 0 Å². The molecule has 0 amide bonds. The summed E-state index contributed by atoms with van der Waals surface area (Å²) in [6.45, 7) is 0.465. The molecular weight excluding hydrogens is 442 g/mol. The summed E-state index contributed by atoms with van der Waals surface area (Å²) in [4.78, 5) is 7.97. The van der Waals surface area contributed by atoms with Crippen LogP contribution in [0.2, 0.25) is 5.02 Å². The van der Waals surface area contributed by atoms with Crippen molar-refractivity contribution in [3.05, 3.63) is 53.6 Å². The molecule has 2 aromatic heterocycles. The molecule has 1 N–H and O–H groups in total. The van der Waals surface area contributed by atoms with E-state index >= 15 is 0 Å². The summed E-state index contributed by atoms with van der Waals surface area (Å²) >= 11 is 5.87. The number of sulfonamides is 1. The third-order valence-electron chi connectivity index (χ3n) is 4.02. The van der Waals surface area contributed by atoms with E-state index in [9.17, 15) is 17.2 Å². The topological polar surface area (TPSA) is 107 Å². The Bertz CT molecular complexity index is 1110. The standard InChI is InChI=1S/C18H17ClF2N4O4S/c1-10(2)15(17-23-16(24-29-17)11-5-7-22-8-6-11)25-30(26,27)12-3-4-14(13(19)9-12)28-18(20)21/h3-10,15,18,25H,1-2H3. The second-order valence-electron chi connectivity index (χ2n) is 6.51. The van der Waals surface area contributed by atoms with Crippen LogP contribution in [0.15, 0.2) is 52.1 Å². The zero-order valence-corrected chi connectivity index (χ0v) is 17.4. The molecule has 0 aliphatic heterocycles. The Morgan fingerprint density at radius 1 is 1.17 bits per heavy atom. The second-order valence-corrected chi connectivity index (χ2v) is 8.63. The lowest BCUT2D eigenvalue weighted by Crippen LogP contribution is -2.32. The predicted octanol–water partition coefficient (Wildman–Crippen LogP) is 4.06. The lowest BCUT2D eigenvalue weighted by molar-refractivity contribution is -0.0498. The maximum Gasteiger partial charge on any atom is 0.387 e. The van der Waals surface area contributed by atoms with Crippen molar-refractivity contribution < 1.29 is 26.5 Å². The van der Waals surface area contributed by atoms with Gasteiger partial charge in [0, 0.05) is 18.0 Å². The predicted molar refractivity (Wildman–Crippen MR) is 104 cm³/mol. The van der Waals surface area contributed by atoms with Gasteiger partial charge in [0.2, 0.25) is 21.7 Å². The number of pyridine rings is 1. The van der Waals surface area contributed by atoms with Gasteiger partial charge < -0.3 is 9.26 Å². The molecule has 12 heteroatoms. The summed E-state index contributed by atoms with van der Waals surface area (Å²) in [6, 6.07) is 5.73. The zero-order chi connectivity index (χ0) is 21.9. The summed E-state index contributed by atoms with van der Waals surface area (Å²) in [5, 5.41) is 3.62. The lowest BCUT2D eigenvalue weighted by Gasteiger charge is -2.19. The molecule has 8 nitrogen and oxygen atoms in total. The first-order chi connectivity index (χ1) is 14.2. The van der Waals surface area contributed by atoms with Gasteiger partial charge in [-0.3, -0.25) is 4.98 Å². The van der Waals surface area contributed by atoms with E-state index in [2.05, 4.69) is 24.6 Å². The van der Waals surface area contributed by atoms with E-state index in [-0.39, 0.29) is 33.3 Å². The molecule has 30 heavy (non-hydrogen) atoms. The molecule has 0 spiro atoms. The van der Waals surface area contributed by atoms with Crippen LogP contribution in [0.3, 0.4) is 0 Å². The molecule has 0 fully saturated rings. The number of nitrogens with one attached hydrogen (secondary N) is 1. The van der Waals surface area contributed by atoms with Gasteiger partial charge in [-0.25, -0.2) is 8.42 Å². The number of hydrogen-bond donors (Lipinski definition) is 1. The van der Waals surface area contributed by atoms with Gasteiger partial charge in [0.1, 0.15) is 11.8 Å². The zero-order valence-electron chi connectivity index (χ0n) is 15.8. The summed E-state index contributed by atoms with van der Waals surface area (Å²) < 4.78 is 62.4. The molecule has 3 rings (SSSR count). The monoisotopic (exact) mass is 458 g/mol. The Balaban J connectivity index is 1.86. The summed E-state index contributed by atoms with van der Waals surface area (Å²) in [6.07, 6.45) is 3.14. The van der Waals surface area contributed by atoms with E-state index in [0.717, 1.165) is 18.2 Å². The highest BCUT2D eigenvalue weighted by Crippen LogP contribution is 2.30. The van der Waals surface area contributed by atoms with E-state index in [1.807, 2.05) is 0 Å². The van der Waals surface area contributed by atoms with Crippen LogP contribution < -0.4 is 9.46 Å². The fourth-order valence-electron chi connectivity index (χ4n) is 2.53. The normalized spacial score (nSPS) is 13.0. The Kier molecular flexibility index (Phi) is 6.64. The number of alkyl halides is 2. The minimum atomic E-state index is -4.09. The maximum atomic E-state index is 12.8. The third-order valence-corrected chi connectivity index (χ3v) is 5.76. The lowest BCUT2D eigenvalue weighted by atomic mass is 10.1. The molecule has 0 saturated heterocycles. The van der Waals surface area contributed by atoms with Crippen LogP contribution in [0, 0.1) is 5.92 Å². The molecule has 2 heterocycles. The van der Waals surface area contributed by atoms with E-state index in [1.165, 1.54) is 0 Å². The largest absolute Gasteiger partial charge is 0.433 e. The van der Waals surface area contributed by atoms with Crippen LogP contribution in [0.1, 0.15) is 25.8 Å². The van der Waals surface area contributed by atoms with Gasteiger partial charge in [-0.2, -0.15) is 18.5 Å². The van der Waals surface area contributed by atoms with Crippen molar-refractivity contribution in [2.45, 2.75) is 31.4 Å². The Hall–Kier alpha value is -2.63. The fraction of sp³-hybridized carbons (Fsp3) is 0.278. The number of nitrogens with zero attached hydrogens (tertiary/aromatic N) is 3. The number of hydrogen-bond acceptors (Lipinski definition) is 7. The highest BCUT2D eigenvalue weighted by atomic mass is 35.5. The van der Waals surface area contributed by atoms with Crippen LogP contribution in [-0.2, 0) is 10.0 Å². The number of benzene rings is 1. The molecule has 1 aromatic carbocycles. The molecule has 0 aliphatic carbocycles. The minimum Gasteiger partial charge on any atom is -0.433 e. The van der Waals surface area contributed by atoms with Crippen molar-refractivity contribution in [3.8, 4) is 17.1 Å². The van der Waals surface area contributed by atoms with E-state index in [0.29, 0.717) is 5.56 Å². The maximum absolute atomic E-state index is 12.8. The quantitative estimate of drug-likeness (QED) is 0.542. The van der Waals surface area contributed by atoms with Gasteiger partial charge in [-0.05, 0) is 36.2 Å². The average Bonchev–Trinajstić information content (AvgIpc) is 3.17. The van der Waals surface area contributed by atoms with Crippen molar-refractivity contribution in [2.75, 3.05) is 0 Å². The molecule has 1 unspecified atom stereocenters. The molecule has 3 aromatic rings. The summed E-state index contributed by atoms with van der Waals surface area (Å²) in [7, 11) is -4.09. The highest BCUT2D eigenvalue weighted by Gasteiger charge is 2.29. The van der Waals surface area contributed by atoms with Gasteiger partial charge in [0.25, 0.3) is 0 Å². The number of rotatable bonds is 8. The number of ether oxygens (including phenoxy) is 1. The highest BCUT2D eigenvalue weighted by molar-refractivity contribution is 7.89. The van der Waals surface area contributed by atoms with Gasteiger partial charge in [-0.1, -0.05) is 30.6 Å². The molecule has 0 aliphatic rings. The van der Waals surface area contributed by atoms with Gasteiger partial charge in [-0.15, -0.1) is 0 Å². The van der Waals surface area contributed by atoms with Crippen molar-refractivity contribution in [1.82, 2.24) is 19.8 Å². The SMILES string of the molecule is CC(C)C(NS(=O)(=O)c1ccc(OC(F)F)c(Cl)c1)c1nc(-c2ccncc2)no1. The average molecular weight is 459 g/mol. The number of halogens is 3. The first kappa shape index (κ1) is 22.1. The van der Waals surface area contributed by atoms with Crippen LogP contribution in [0.5, 0.6) is 5.75 Å². The molecule has 0 bridgehead atoms. The summed E-state index contributed by atoms with van der Waals surface area (Å²) in [5.41, 5.74) is 0.659. The Morgan fingerprint density at radius 3 is 2.47 bits per heavy atom. The third kappa shape index (κ3) is 5.10. The second kappa shape index (κ2) is 9.02. The molecule has 1 atom stereocenters. The van der Waals surface area contributed by atoms with Crippen LogP contribution in [0.25, 0.3) is 11.4 Å². The Morgan fingerprint density at radius 2 is 1.87 bits per heavy atom. The molecule has 0 radical (unpaired) electrons. The summed E-state index contributed by atoms with van der Waals surface area (Å²) in [5.74, 6) is -0.217. The first-order valence-corrected chi connectivity index (χ1v) is 10.5. The van der Waals surface area contributed by atoms with Crippen molar-refractivity contribution >= 4 is 21.6 Å². The van der Waals surface area contributed by atoms with E-state index < -0.39 is 22.7 Å². The van der Waals surface area contributed by atoms with Crippen LogP contribution in [-0.4, -0.2) is 30.2 Å². The molecule has 160 valence electrons. The van der Waals surface area contributed by atoms with Crippen molar-refractivity contribution in [3.63, 3.8) is 0 Å². The molecular formula is C18H17ClF2N4O4S.